The molecule has 7 heteroatoms. The van der Waals surface area contributed by atoms with E-state index in [1.54, 1.807) is 18.2 Å². The maximum absolute atomic E-state index is 5.99. The van der Waals surface area contributed by atoms with Gasteiger partial charge in [0.1, 0.15) is 0 Å². The van der Waals surface area contributed by atoms with E-state index in [0.717, 1.165) is 16.5 Å². The second kappa shape index (κ2) is 5.61. The molecular formula is C16H10Cl2N4O. The van der Waals surface area contributed by atoms with Crippen molar-refractivity contribution in [2.75, 3.05) is 5.32 Å². The number of aromatic nitrogens is 3. The quantitative estimate of drug-likeness (QED) is 0.531. The Bertz CT molecular complexity index is 993. The van der Waals surface area contributed by atoms with E-state index in [-0.39, 0.29) is 6.01 Å². The Morgan fingerprint density at radius 1 is 1.00 bits per heavy atom. The van der Waals surface area contributed by atoms with Gasteiger partial charge in [-0.2, -0.15) is 0 Å². The molecule has 4 aromatic rings. The van der Waals surface area contributed by atoms with Crippen LogP contribution in [-0.2, 0) is 0 Å². The molecule has 2 N–H and O–H groups in total. The van der Waals surface area contributed by atoms with Gasteiger partial charge in [-0.1, -0.05) is 46.5 Å². The number of benzene rings is 2. The molecule has 4 rings (SSSR count). The summed E-state index contributed by atoms with van der Waals surface area (Å²) in [6, 6.07) is 13.4. The van der Waals surface area contributed by atoms with Crippen molar-refractivity contribution in [1.82, 2.24) is 15.2 Å². The lowest BCUT2D eigenvalue weighted by molar-refractivity contribution is 0.588. The van der Waals surface area contributed by atoms with Crippen LogP contribution in [0.4, 0.5) is 11.7 Å². The summed E-state index contributed by atoms with van der Waals surface area (Å²) < 4.78 is 5.68. The maximum Gasteiger partial charge on any atom is 0.320 e. The summed E-state index contributed by atoms with van der Waals surface area (Å²) in [6.07, 6.45) is 1.85. The first-order valence-electron chi connectivity index (χ1n) is 6.83. The number of H-pyrrole nitrogens is 1. The van der Waals surface area contributed by atoms with E-state index in [2.05, 4.69) is 20.5 Å². The minimum Gasteiger partial charge on any atom is -0.403 e. The summed E-state index contributed by atoms with van der Waals surface area (Å²) in [4.78, 5) is 3.18. The first-order valence-corrected chi connectivity index (χ1v) is 7.58. The smallest absolute Gasteiger partial charge is 0.320 e. The van der Waals surface area contributed by atoms with Gasteiger partial charge >= 0.3 is 6.01 Å². The Morgan fingerprint density at radius 3 is 2.74 bits per heavy atom. The molecule has 23 heavy (non-hydrogen) atoms. The molecule has 2 aromatic heterocycles. The van der Waals surface area contributed by atoms with Crippen molar-refractivity contribution in [2.45, 2.75) is 0 Å². The summed E-state index contributed by atoms with van der Waals surface area (Å²) >= 11 is 11.9. The largest absolute Gasteiger partial charge is 0.403 e. The highest BCUT2D eigenvalue weighted by molar-refractivity contribution is 6.42. The van der Waals surface area contributed by atoms with Gasteiger partial charge in [0, 0.05) is 22.8 Å². The summed E-state index contributed by atoms with van der Waals surface area (Å²) in [7, 11) is 0. The van der Waals surface area contributed by atoms with Gasteiger partial charge in [0.25, 0.3) is 5.89 Å². The summed E-state index contributed by atoms with van der Waals surface area (Å²) in [5.74, 6) is 0.435. The molecule has 0 fully saturated rings. The first-order chi connectivity index (χ1) is 11.2. The molecule has 0 amide bonds. The molecule has 0 spiro atoms. The predicted octanol–water partition coefficient (Wildman–Crippen LogP) is 5.27. The van der Waals surface area contributed by atoms with Crippen molar-refractivity contribution in [2.24, 2.45) is 0 Å². The SMILES string of the molecule is Clc1ccc(Nc2nnc(-c3c[nH]c4ccccc34)o2)cc1Cl. The van der Waals surface area contributed by atoms with Gasteiger partial charge in [-0.3, -0.25) is 0 Å². The van der Waals surface area contributed by atoms with Gasteiger partial charge in [0.2, 0.25) is 0 Å². The van der Waals surface area contributed by atoms with E-state index in [1.165, 1.54) is 0 Å². The standard InChI is InChI=1S/C16H10Cl2N4O/c17-12-6-5-9(7-13(12)18)20-16-22-21-15(23-16)11-8-19-14-4-2-1-3-10(11)14/h1-8,19H,(H,20,22). The zero-order chi connectivity index (χ0) is 15.8. The van der Waals surface area contributed by atoms with E-state index in [4.69, 9.17) is 27.6 Å². The van der Waals surface area contributed by atoms with E-state index in [1.807, 2.05) is 30.5 Å². The lowest BCUT2D eigenvalue weighted by Crippen LogP contribution is -1.90. The molecule has 0 saturated heterocycles. The van der Waals surface area contributed by atoms with Gasteiger partial charge < -0.3 is 14.7 Å². The van der Waals surface area contributed by atoms with E-state index >= 15 is 0 Å². The highest BCUT2D eigenvalue weighted by Crippen LogP contribution is 2.30. The van der Waals surface area contributed by atoms with Gasteiger partial charge in [-0.15, -0.1) is 5.10 Å². The highest BCUT2D eigenvalue weighted by atomic mass is 35.5. The fourth-order valence-corrected chi connectivity index (χ4v) is 2.63. The molecule has 0 atom stereocenters. The third-order valence-corrected chi connectivity index (χ3v) is 4.15. The van der Waals surface area contributed by atoms with Crippen LogP contribution in [0.25, 0.3) is 22.4 Å². The number of nitrogens with one attached hydrogen (secondary N) is 2. The fourth-order valence-electron chi connectivity index (χ4n) is 2.33. The molecule has 0 radical (unpaired) electrons. The maximum atomic E-state index is 5.99. The minimum atomic E-state index is 0.281. The fraction of sp³-hybridized carbons (Fsp3) is 0. The predicted molar refractivity (Wildman–Crippen MR) is 91.3 cm³/mol. The number of para-hydroxylation sites is 1. The molecule has 2 heterocycles. The molecule has 0 saturated carbocycles. The van der Waals surface area contributed by atoms with Crippen molar-refractivity contribution in [1.29, 1.82) is 0 Å². The molecule has 2 aromatic carbocycles. The van der Waals surface area contributed by atoms with Crippen LogP contribution in [0.1, 0.15) is 0 Å². The normalized spacial score (nSPS) is 11.0. The molecular weight excluding hydrogens is 335 g/mol. The number of halogens is 2. The second-order valence-corrected chi connectivity index (χ2v) is 5.73. The third-order valence-electron chi connectivity index (χ3n) is 3.42. The Morgan fingerprint density at radius 2 is 1.87 bits per heavy atom. The molecule has 0 aliphatic heterocycles. The van der Waals surface area contributed by atoms with Crippen molar-refractivity contribution in [3.63, 3.8) is 0 Å². The monoisotopic (exact) mass is 344 g/mol. The van der Waals surface area contributed by atoms with Crippen LogP contribution in [-0.4, -0.2) is 15.2 Å². The van der Waals surface area contributed by atoms with Gasteiger partial charge in [0.05, 0.1) is 15.6 Å². The Balaban J connectivity index is 1.65. The van der Waals surface area contributed by atoms with E-state index in [9.17, 15) is 0 Å². The average Bonchev–Trinajstić information content (AvgIpc) is 3.17. The van der Waals surface area contributed by atoms with E-state index < -0.39 is 0 Å². The number of rotatable bonds is 3. The van der Waals surface area contributed by atoms with Crippen LogP contribution in [0, 0.1) is 0 Å². The summed E-state index contributed by atoms with van der Waals surface area (Å²) in [6.45, 7) is 0. The van der Waals surface area contributed by atoms with Crippen LogP contribution in [0.2, 0.25) is 10.0 Å². The topological polar surface area (TPSA) is 66.7 Å². The van der Waals surface area contributed by atoms with Crippen LogP contribution in [0.15, 0.2) is 53.1 Å². The Hall–Kier alpha value is -2.50. The lowest BCUT2D eigenvalue weighted by Gasteiger charge is -2.02. The van der Waals surface area contributed by atoms with Crippen LogP contribution < -0.4 is 5.32 Å². The molecule has 114 valence electrons. The van der Waals surface area contributed by atoms with E-state index in [0.29, 0.717) is 21.6 Å². The first kappa shape index (κ1) is 14.1. The number of hydrogen-bond acceptors (Lipinski definition) is 4. The third kappa shape index (κ3) is 2.65. The van der Waals surface area contributed by atoms with Gasteiger partial charge in [-0.05, 0) is 24.3 Å². The number of hydrogen-bond donors (Lipinski definition) is 2. The van der Waals surface area contributed by atoms with Crippen LogP contribution >= 0.6 is 23.2 Å². The zero-order valence-electron chi connectivity index (χ0n) is 11.7. The van der Waals surface area contributed by atoms with Crippen LogP contribution in [0.3, 0.4) is 0 Å². The van der Waals surface area contributed by atoms with Gasteiger partial charge in [0.15, 0.2) is 0 Å². The number of fused-ring (bicyclic) bond motifs is 1. The summed E-state index contributed by atoms with van der Waals surface area (Å²) in [5.41, 5.74) is 2.59. The molecule has 0 bridgehead atoms. The highest BCUT2D eigenvalue weighted by Gasteiger charge is 2.13. The zero-order valence-corrected chi connectivity index (χ0v) is 13.2. The Kier molecular flexibility index (Phi) is 3.44. The number of aromatic amines is 1. The van der Waals surface area contributed by atoms with Crippen molar-refractivity contribution < 1.29 is 4.42 Å². The number of nitrogens with zero attached hydrogens (tertiary/aromatic N) is 2. The molecule has 0 aliphatic carbocycles. The Labute approximate surface area is 141 Å². The van der Waals surface area contributed by atoms with Crippen LogP contribution in [0.5, 0.6) is 0 Å². The average molecular weight is 345 g/mol. The molecule has 5 nitrogen and oxygen atoms in total. The summed E-state index contributed by atoms with van der Waals surface area (Å²) in [5, 5.41) is 13.1. The minimum absolute atomic E-state index is 0.281. The molecule has 0 aliphatic rings. The van der Waals surface area contributed by atoms with Crippen molar-refractivity contribution in [3.8, 4) is 11.5 Å². The lowest BCUT2D eigenvalue weighted by atomic mass is 10.2. The van der Waals surface area contributed by atoms with Crippen molar-refractivity contribution >= 4 is 45.8 Å². The second-order valence-electron chi connectivity index (χ2n) is 4.91. The van der Waals surface area contributed by atoms with Gasteiger partial charge in [-0.25, -0.2) is 0 Å². The van der Waals surface area contributed by atoms with Crippen molar-refractivity contribution in [3.05, 3.63) is 58.7 Å². The number of anilines is 2. The molecule has 0 unspecified atom stereocenters.